The predicted molar refractivity (Wildman–Crippen MR) is 74.2 cm³/mol. The van der Waals surface area contributed by atoms with Crippen LogP contribution in [0.1, 0.15) is 23.1 Å². The third-order valence-electron chi connectivity index (χ3n) is 2.51. The van der Waals surface area contributed by atoms with Crippen LogP contribution in [0.4, 0.5) is 17.3 Å². The highest BCUT2D eigenvalue weighted by Gasteiger charge is 2.11. The van der Waals surface area contributed by atoms with E-state index in [0.29, 0.717) is 11.4 Å². The molecule has 8 nitrogen and oxygen atoms in total. The van der Waals surface area contributed by atoms with Gasteiger partial charge in [-0.25, -0.2) is 0 Å². The van der Waals surface area contributed by atoms with Gasteiger partial charge in [0.15, 0.2) is 0 Å². The zero-order valence-electron chi connectivity index (χ0n) is 11.0. The van der Waals surface area contributed by atoms with Crippen molar-refractivity contribution in [2.45, 2.75) is 13.8 Å². The van der Waals surface area contributed by atoms with Crippen LogP contribution in [0.3, 0.4) is 0 Å². The fraction of sp³-hybridized carbons (Fsp3) is 0.167. The molecule has 0 aliphatic rings. The van der Waals surface area contributed by atoms with E-state index in [1.165, 1.54) is 6.92 Å². The Balaban J connectivity index is 2.12. The van der Waals surface area contributed by atoms with Crippen molar-refractivity contribution in [1.82, 2.24) is 15.2 Å². The van der Waals surface area contributed by atoms with E-state index in [2.05, 4.69) is 25.8 Å². The molecule has 5 N–H and O–H groups in total. The Morgan fingerprint density at radius 1 is 1.30 bits per heavy atom. The third-order valence-corrected chi connectivity index (χ3v) is 2.51. The van der Waals surface area contributed by atoms with Crippen molar-refractivity contribution < 1.29 is 9.59 Å². The average molecular weight is 274 g/mol. The molecule has 0 fully saturated rings. The molecular weight excluding hydrogens is 260 g/mol. The number of carbonyl (C=O) groups excluding carboxylic acids is 2. The Kier molecular flexibility index (Phi) is 3.65. The Morgan fingerprint density at radius 2 is 2.05 bits per heavy atom. The van der Waals surface area contributed by atoms with E-state index >= 15 is 0 Å². The number of nitrogens with zero attached hydrogens (tertiary/aromatic N) is 2. The van der Waals surface area contributed by atoms with Gasteiger partial charge >= 0.3 is 0 Å². The number of nitrogens with two attached hydrogens (primary N) is 1. The van der Waals surface area contributed by atoms with E-state index in [1.807, 2.05) is 6.92 Å². The van der Waals surface area contributed by atoms with Gasteiger partial charge in [-0.3, -0.25) is 14.7 Å². The molecule has 0 radical (unpaired) electrons. The lowest BCUT2D eigenvalue weighted by Gasteiger charge is -2.09. The van der Waals surface area contributed by atoms with Crippen molar-refractivity contribution >= 4 is 29.1 Å². The van der Waals surface area contributed by atoms with Gasteiger partial charge in [-0.15, -0.1) is 5.10 Å². The smallest absolute Gasteiger partial charge is 0.293 e. The van der Waals surface area contributed by atoms with Gasteiger partial charge in [-0.05, 0) is 30.7 Å². The zero-order valence-corrected chi connectivity index (χ0v) is 11.0. The SMILES string of the molecule is CC(=O)Nc1ccc(NC(=O)c2nc(N)n[nH]2)cc1C. The number of benzene rings is 1. The summed E-state index contributed by atoms with van der Waals surface area (Å²) in [6.45, 7) is 3.26. The molecule has 20 heavy (non-hydrogen) atoms. The van der Waals surface area contributed by atoms with E-state index in [1.54, 1.807) is 18.2 Å². The fourth-order valence-corrected chi connectivity index (χ4v) is 1.64. The molecule has 1 aromatic heterocycles. The number of aromatic nitrogens is 3. The van der Waals surface area contributed by atoms with Gasteiger partial charge in [0.1, 0.15) is 0 Å². The Hall–Kier alpha value is -2.90. The third kappa shape index (κ3) is 3.10. The van der Waals surface area contributed by atoms with Gasteiger partial charge in [0.2, 0.25) is 17.7 Å². The predicted octanol–water partition coefficient (Wildman–Crippen LogP) is 0.906. The highest BCUT2D eigenvalue weighted by Crippen LogP contribution is 2.20. The molecule has 0 aliphatic carbocycles. The van der Waals surface area contributed by atoms with Gasteiger partial charge in [-0.2, -0.15) is 4.98 Å². The van der Waals surface area contributed by atoms with E-state index in [-0.39, 0.29) is 17.7 Å². The van der Waals surface area contributed by atoms with Gasteiger partial charge in [0.05, 0.1) is 0 Å². The minimum atomic E-state index is -0.444. The van der Waals surface area contributed by atoms with Crippen molar-refractivity contribution in [3.63, 3.8) is 0 Å². The number of nitrogens with one attached hydrogen (secondary N) is 3. The Labute approximate surface area is 114 Å². The number of carbonyl (C=O) groups is 2. The van der Waals surface area contributed by atoms with Gasteiger partial charge in [0, 0.05) is 18.3 Å². The van der Waals surface area contributed by atoms with Crippen molar-refractivity contribution in [3.05, 3.63) is 29.6 Å². The summed E-state index contributed by atoms with van der Waals surface area (Å²) in [5, 5.41) is 11.3. The minimum absolute atomic E-state index is 0.00679. The maximum Gasteiger partial charge on any atom is 0.293 e. The van der Waals surface area contributed by atoms with Crippen molar-refractivity contribution in [1.29, 1.82) is 0 Å². The van der Waals surface area contributed by atoms with Crippen LogP contribution in [-0.4, -0.2) is 27.0 Å². The number of hydrogen-bond donors (Lipinski definition) is 4. The number of rotatable bonds is 3. The molecule has 0 spiro atoms. The van der Waals surface area contributed by atoms with Crippen molar-refractivity contribution in [3.8, 4) is 0 Å². The molecule has 0 saturated carbocycles. The standard InChI is InChI=1S/C12H14N6O2/c1-6-5-8(3-4-9(6)14-7(2)19)15-11(20)10-16-12(13)18-17-10/h3-5H,1-2H3,(H,14,19)(H,15,20)(H3,13,16,17,18). The zero-order chi connectivity index (χ0) is 14.7. The molecule has 2 aromatic rings. The van der Waals surface area contributed by atoms with Crippen LogP contribution >= 0.6 is 0 Å². The topological polar surface area (TPSA) is 126 Å². The van der Waals surface area contributed by atoms with Gasteiger partial charge in [0.25, 0.3) is 5.91 Å². The summed E-state index contributed by atoms with van der Waals surface area (Å²) in [6.07, 6.45) is 0. The highest BCUT2D eigenvalue weighted by atomic mass is 16.2. The second kappa shape index (κ2) is 5.39. The molecule has 8 heteroatoms. The Bertz CT molecular complexity index is 664. The molecule has 0 bridgehead atoms. The second-order valence-electron chi connectivity index (χ2n) is 4.21. The number of hydrogen-bond acceptors (Lipinski definition) is 5. The van der Waals surface area contributed by atoms with Crippen LogP contribution in [0.15, 0.2) is 18.2 Å². The first kappa shape index (κ1) is 13.5. The van der Waals surface area contributed by atoms with Crippen LogP contribution in [-0.2, 0) is 4.79 Å². The quantitative estimate of drug-likeness (QED) is 0.661. The number of amides is 2. The molecule has 2 amide bonds. The molecule has 1 heterocycles. The van der Waals surface area contributed by atoms with Crippen LogP contribution in [0.5, 0.6) is 0 Å². The fourth-order valence-electron chi connectivity index (χ4n) is 1.64. The lowest BCUT2D eigenvalue weighted by atomic mass is 10.1. The van der Waals surface area contributed by atoms with E-state index in [4.69, 9.17) is 5.73 Å². The summed E-state index contributed by atoms with van der Waals surface area (Å²) in [5.41, 5.74) is 7.43. The molecule has 0 saturated heterocycles. The summed E-state index contributed by atoms with van der Waals surface area (Å²) in [5.74, 6) is -0.554. The lowest BCUT2D eigenvalue weighted by molar-refractivity contribution is -0.114. The molecular formula is C12H14N6O2. The van der Waals surface area contributed by atoms with Gasteiger partial charge in [-0.1, -0.05) is 0 Å². The maximum atomic E-state index is 11.8. The highest BCUT2D eigenvalue weighted by molar-refractivity contribution is 6.02. The molecule has 0 unspecified atom stereocenters. The molecule has 1 aromatic carbocycles. The Morgan fingerprint density at radius 3 is 2.60 bits per heavy atom. The normalized spacial score (nSPS) is 10.1. The molecule has 104 valence electrons. The number of aromatic amines is 1. The summed E-state index contributed by atoms with van der Waals surface area (Å²) in [7, 11) is 0. The summed E-state index contributed by atoms with van der Waals surface area (Å²) >= 11 is 0. The van der Waals surface area contributed by atoms with Crippen molar-refractivity contribution in [2.24, 2.45) is 0 Å². The summed E-state index contributed by atoms with van der Waals surface area (Å²) in [6, 6.07) is 5.12. The number of H-pyrrole nitrogens is 1. The first-order chi connectivity index (χ1) is 9.45. The molecule has 2 rings (SSSR count). The monoisotopic (exact) mass is 274 g/mol. The van der Waals surface area contributed by atoms with Crippen LogP contribution in [0, 0.1) is 6.92 Å². The second-order valence-corrected chi connectivity index (χ2v) is 4.21. The minimum Gasteiger partial charge on any atom is -0.366 e. The lowest BCUT2D eigenvalue weighted by Crippen LogP contribution is -2.14. The molecule has 0 atom stereocenters. The van der Waals surface area contributed by atoms with Gasteiger partial charge < -0.3 is 16.4 Å². The summed E-state index contributed by atoms with van der Waals surface area (Å²) in [4.78, 5) is 26.6. The summed E-state index contributed by atoms with van der Waals surface area (Å²) < 4.78 is 0. The number of aryl methyl sites for hydroxylation is 1. The number of anilines is 3. The first-order valence-corrected chi connectivity index (χ1v) is 5.83. The van der Waals surface area contributed by atoms with Crippen LogP contribution in [0.25, 0.3) is 0 Å². The number of nitrogen functional groups attached to an aromatic ring is 1. The largest absolute Gasteiger partial charge is 0.366 e. The van der Waals surface area contributed by atoms with E-state index in [9.17, 15) is 9.59 Å². The van der Waals surface area contributed by atoms with Crippen LogP contribution < -0.4 is 16.4 Å². The van der Waals surface area contributed by atoms with Crippen LogP contribution in [0.2, 0.25) is 0 Å². The van der Waals surface area contributed by atoms with Crippen molar-refractivity contribution in [2.75, 3.05) is 16.4 Å². The maximum absolute atomic E-state index is 11.8. The van der Waals surface area contributed by atoms with E-state index < -0.39 is 5.91 Å². The average Bonchev–Trinajstić information content (AvgIpc) is 2.79. The molecule has 0 aliphatic heterocycles. The first-order valence-electron chi connectivity index (χ1n) is 5.83. The van der Waals surface area contributed by atoms with E-state index in [0.717, 1.165) is 5.56 Å².